The van der Waals surface area contributed by atoms with E-state index in [1.54, 1.807) is 33.3 Å². The van der Waals surface area contributed by atoms with E-state index in [0.717, 1.165) is 35.0 Å². The van der Waals surface area contributed by atoms with Gasteiger partial charge in [-0.05, 0) is 73.7 Å². The van der Waals surface area contributed by atoms with Crippen LogP contribution in [-0.4, -0.2) is 60.4 Å². The Morgan fingerprint density at radius 3 is 2.59 bits per heavy atom. The number of Topliss-reactive ketones (excluding diaryl/α,β-unsaturated/α-hetero) is 1. The van der Waals surface area contributed by atoms with E-state index in [2.05, 4.69) is 33.4 Å². The van der Waals surface area contributed by atoms with Crippen LogP contribution in [0.2, 0.25) is 0 Å². The summed E-state index contributed by atoms with van der Waals surface area (Å²) < 4.78 is 1.63. The molecule has 4 heterocycles. The minimum absolute atomic E-state index is 0.0354. The summed E-state index contributed by atoms with van der Waals surface area (Å²) >= 11 is 1.67. The third-order valence-electron chi connectivity index (χ3n) is 8.47. The summed E-state index contributed by atoms with van der Waals surface area (Å²) in [5, 5.41) is 10.5. The monoisotopic (exact) mass is 570 g/mol. The Morgan fingerprint density at radius 2 is 1.90 bits per heavy atom. The molecule has 10 heteroatoms. The molecule has 1 N–H and O–H groups in total. The van der Waals surface area contributed by atoms with Gasteiger partial charge >= 0.3 is 0 Å². The van der Waals surface area contributed by atoms with Crippen molar-refractivity contribution in [2.45, 2.75) is 78.6 Å². The highest BCUT2D eigenvalue weighted by molar-refractivity contribution is 7.09. The fourth-order valence-electron chi connectivity index (χ4n) is 6.30. The Morgan fingerprint density at radius 1 is 1.15 bits per heavy atom. The van der Waals surface area contributed by atoms with Crippen molar-refractivity contribution in [1.29, 1.82) is 0 Å². The van der Waals surface area contributed by atoms with Crippen molar-refractivity contribution < 1.29 is 14.4 Å². The van der Waals surface area contributed by atoms with Gasteiger partial charge in [-0.2, -0.15) is 5.10 Å². The number of ketones is 1. The standard InChI is InChI=1S/C31H34N6O3S/c1-17-9-21(22-14-32-20(4)33-15-22)11-24-28(19(3)38)35-36(29(17)24)16-27(39)37-25(12-31(5)13-26(31)37)30(40)34-18(2)10-23-7-6-8-41-23/h6-9,11,14-15,18,25-26H,10,12-13,16H2,1-5H3,(H,34,40)/t18?,25-,26+,31-/m0/s1. The van der Waals surface area contributed by atoms with Crippen LogP contribution >= 0.6 is 11.3 Å². The van der Waals surface area contributed by atoms with Gasteiger partial charge in [0.25, 0.3) is 0 Å². The molecule has 1 saturated carbocycles. The fraction of sp³-hybridized carbons (Fsp3) is 0.419. The first-order chi connectivity index (χ1) is 19.5. The highest BCUT2D eigenvalue weighted by Gasteiger charge is 2.64. The largest absolute Gasteiger partial charge is 0.351 e. The van der Waals surface area contributed by atoms with Crippen LogP contribution < -0.4 is 5.32 Å². The third-order valence-corrected chi connectivity index (χ3v) is 9.37. The number of benzene rings is 1. The molecule has 1 aliphatic heterocycles. The van der Waals surface area contributed by atoms with Gasteiger partial charge in [-0.25, -0.2) is 9.97 Å². The van der Waals surface area contributed by atoms with Crippen LogP contribution in [0.25, 0.3) is 22.0 Å². The van der Waals surface area contributed by atoms with E-state index in [0.29, 0.717) is 23.3 Å². The number of nitrogens with one attached hydrogen (secondary N) is 1. The molecule has 1 unspecified atom stereocenters. The molecule has 2 aliphatic rings. The fourth-order valence-corrected chi connectivity index (χ4v) is 7.14. The van der Waals surface area contributed by atoms with Crippen LogP contribution in [0.15, 0.2) is 42.0 Å². The van der Waals surface area contributed by atoms with Crippen molar-refractivity contribution in [3.63, 3.8) is 0 Å². The summed E-state index contributed by atoms with van der Waals surface area (Å²) in [6, 6.07) is 7.49. The average Bonchev–Trinajstić information content (AvgIpc) is 3.29. The SMILES string of the molecule is CC(=O)c1nn(CC(=O)N2[C@H](C(=O)NC(C)Cc3cccs3)C[C@@]3(C)C[C@@H]23)c2c(C)cc(-c3cnc(C)nc3)cc12. The second kappa shape index (κ2) is 10.2. The predicted molar refractivity (Wildman–Crippen MR) is 158 cm³/mol. The van der Waals surface area contributed by atoms with Crippen LogP contribution in [0, 0.1) is 19.3 Å². The van der Waals surface area contributed by atoms with E-state index >= 15 is 0 Å². The number of aryl methyl sites for hydroxylation is 2. The van der Waals surface area contributed by atoms with Gasteiger partial charge in [0.05, 0.1) is 5.52 Å². The first-order valence-electron chi connectivity index (χ1n) is 14.0. The molecule has 0 radical (unpaired) electrons. The minimum Gasteiger partial charge on any atom is -0.351 e. The Balaban J connectivity index is 1.27. The molecule has 2 fully saturated rings. The molecule has 3 aromatic heterocycles. The molecule has 1 aliphatic carbocycles. The second-order valence-electron chi connectivity index (χ2n) is 11.9. The molecule has 4 atom stereocenters. The van der Waals surface area contributed by atoms with Crippen molar-refractivity contribution in [2.75, 3.05) is 0 Å². The van der Waals surface area contributed by atoms with Gasteiger partial charge in [0.1, 0.15) is 24.1 Å². The van der Waals surface area contributed by atoms with Gasteiger partial charge < -0.3 is 10.2 Å². The number of rotatable bonds is 8. The molecule has 212 valence electrons. The number of carbonyl (C=O) groups excluding carboxylic acids is 3. The van der Waals surface area contributed by atoms with Crippen molar-refractivity contribution in [2.24, 2.45) is 5.41 Å². The van der Waals surface area contributed by atoms with Crippen LogP contribution in [0.1, 0.15) is 60.4 Å². The zero-order valence-corrected chi connectivity index (χ0v) is 24.8. The van der Waals surface area contributed by atoms with E-state index in [9.17, 15) is 14.4 Å². The van der Waals surface area contributed by atoms with Crippen molar-refractivity contribution in [1.82, 2.24) is 30.0 Å². The summed E-state index contributed by atoms with van der Waals surface area (Å²) in [6.45, 7) is 9.37. The van der Waals surface area contributed by atoms with Gasteiger partial charge in [0.2, 0.25) is 11.8 Å². The molecule has 1 aromatic carbocycles. The van der Waals surface area contributed by atoms with Crippen LogP contribution in [0.3, 0.4) is 0 Å². The lowest BCUT2D eigenvalue weighted by Gasteiger charge is -2.28. The van der Waals surface area contributed by atoms with E-state index in [-0.39, 0.29) is 41.6 Å². The second-order valence-corrected chi connectivity index (χ2v) is 12.9. The van der Waals surface area contributed by atoms with Crippen molar-refractivity contribution in [3.05, 3.63) is 64.0 Å². The van der Waals surface area contributed by atoms with E-state index < -0.39 is 6.04 Å². The maximum absolute atomic E-state index is 13.9. The molecule has 4 aromatic rings. The number of piperidine rings is 1. The lowest BCUT2D eigenvalue weighted by Crippen LogP contribution is -2.51. The minimum atomic E-state index is -0.514. The first-order valence-corrected chi connectivity index (χ1v) is 14.9. The Bertz CT molecular complexity index is 1660. The van der Waals surface area contributed by atoms with Gasteiger partial charge in [0.15, 0.2) is 5.78 Å². The zero-order valence-electron chi connectivity index (χ0n) is 24.0. The van der Waals surface area contributed by atoms with E-state index in [4.69, 9.17) is 0 Å². The molecular weight excluding hydrogens is 536 g/mol. The van der Waals surface area contributed by atoms with Crippen LogP contribution in [0.4, 0.5) is 0 Å². The first kappa shape index (κ1) is 27.3. The Labute approximate surface area is 243 Å². The van der Waals surface area contributed by atoms with Crippen LogP contribution in [0.5, 0.6) is 0 Å². The maximum Gasteiger partial charge on any atom is 0.245 e. The van der Waals surface area contributed by atoms with Crippen molar-refractivity contribution in [3.8, 4) is 11.1 Å². The summed E-state index contributed by atoms with van der Waals surface area (Å²) in [5.74, 6) is 0.245. The normalized spacial score (nSPS) is 22.0. The number of hydrogen-bond acceptors (Lipinski definition) is 7. The summed E-state index contributed by atoms with van der Waals surface area (Å²) in [6.07, 6.45) is 5.83. The number of fused-ring (bicyclic) bond motifs is 2. The summed E-state index contributed by atoms with van der Waals surface area (Å²) in [7, 11) is 0. The average molecular weight is 571 g/mol. The summed E-state index contributed by atoms with van der Waals surface area (Å²) in [5.41, 5.74) is 3.63. The molecule has 2 amide bonds. The number of hydrogen-bond donors (Lipinski definition) is 1. The molecule has 1 saturated heterocycles. The lowest BCUT2D eigenvalue weighted by molar-refractivity contribution is -0.140. The molecule has 9 nitrogen and oxygen atoms in total. The smallest absolute Gasteiger partial charge is 0.245 e. The predicted octanol–water partition coefficient (Wildman–Crippen LogP) is 4.50. The highest BCUT2D eigenvalue weighted by Crippen LogP contribution is 2.59. The molecule has 41 heavy (non-hydrogen) atoms. The van der Waals surface area contributed by atoms with Gasteiger partial charge in [0, 0.05) is 53.6 Å². The molecule has 0 bridgehead atoms. The molecular formula is C31H34N6O3S. The van der Waals surface area contributed by atoms with Gasteiger partial charge in [-0.3, -0.25) is 19.1 Å². The third kappa shape index (κ3) is 5.05. The summed E-state index contributed by atoms with van der Waals surface area (Å²) in [4.78, 5) is 51.6. The zero-order chi connectivity index (χ0) is 29.1. The van der Waals surface area contributed by atoms with Crippen molar-refractivity contribution >= 4 is 39.8 Å². The van der Waals surface area contributed by atoms with Gasteiger partial charge in [-0.1, -0.05) is 13.0 Å². The number of nitrogens with zero attached hydrogens (tertiary/aromatic N) is 5. The topological polar surface area (TPSA) is 110 Å². The van der Waals surface area contributed by atoms with Crippen LogP contribution in [-0.2, 0) is 22.6 Å². The molecule has 0 spiro atoms. The molecule has 6 rings (SSSR count). The van der Waals surface area contributed by atoms with Gasteiger partial charge in [-0.15, -0.1) is 11.3 Å². The Kier molecular flexibility index (Phi) is 6.76. The maximum atomic E-state index is 13.9. The lowest BCUT2D eigenvalue weighted by atomic mass is 10.0. The van der Waals surface area contributed by atoms with E-state index in [1.807, 2.05) is 44.4 Å². The number of thiophene rings is 1. The van der Waals surface area contributed by atoms with E-state index in [1.165, 1.54) is 11.8 Å². The number of likely N-dealkylation sites (tertiary alicyclic amines) is 1. The number of carbonyl (C=O) groups is 3. The highest BCUT2D eigenvalue weighted by atomic mass is 32.1. The number of aromatic nitrogens is 4. The quantitative estimate of drug-likeness (QED) is 0.313. The Hall–Kier alpha value is -3.92. The number of amides is 2.